The van der Waals surface area contributed by atoms with Gasteiger partial charge >= 0.3 is 0 Å². The third-order valence-electron chi connectivity index (χ3n) is 3.79. The van der Waals surface area contributed by atoms with Crippen LogP contribution in [-0.2, 0) is 16.0 Å². The van der Waals surface area contributed by atoms with E-state index in [0.29, 0.717) is 6.61 Å². The molecule has 0 aromatic heterocycles. The highest BCUT2D eigenvalue weighted by molar-refractivity contribution is 6.13. The van der Waals surface area contributed by atoms with E-state index in [9.17, 15) is 9.59 Å². The first-order chi connectivity index (χ1) is 9.72. The molecule has 1 heterocycles. The van der Waals surface area contributed by atoms with Crippen molar-refractivity contribution in [3.63, 3.8) is 0 Å². The maximum atomic E-state index is 11.9. The number of amides is 2. The van der Waals surface area contributed by atoms with E-state index in [0.717, 1.165) is 30.6 Å². The first-order valence-electron chi connectivity index (χ1n) is 7.02. The average Bonchev–Trinajstić information content (AvgIpc) is 3.00. The Labute approximate surface area is 118 Å². The quantitative estimate of drug-likeness (QED) is 0.790. The molecule has 104 valence electrons. The molecule has 2 aliphatic rings. The van der Waals surface area contributed by atoms with Gasteiger partial charge in [-0.05, 0) is 30.9 Å². The zero-order chi connectivity index (χ0) is 14.1. The van der Waals surface area contributed by atoms with Crippen molar-refractivity contribution in [2.75, 3.05) is 6.61 Å². The van der Waals surface area contributed by atoms with Crippen LogP contribution in [-0.4, -0.2) is 23.3 Å². The summed E-state index contributed by atoms with van der Waals surface area (Å²) < 4.78 is 5.79. The van der Waals surface area contributed by atoms with E-state index in [2.05, 4.69) is 6.92 Å². The average molecular weight is 271 g/mol. The second kappa shape index (κ2) is 5.12. The predicted octanol–water partition coefficient (Wildman–Crippen LogP) is 2.39. The van der Waals surface area contributed by atoms with Gasteiger partial charge in [-0.3, -0.25) is 14.5 Å². The highest BCUT2D eigenvalue weighted by atomic mass is 16.5. The van der Waals surface area contributed by atoms with Gasteiger partial charge in [-0.2, -0.15) is 0 Å². The van der Waals surface area contributed by atoms with Crippen LogP contribution >= 0.6 is 0 Å². The summed E-state index contributed by atoms with van der Waals surface area (Å²) in [4.78, 5) is 25.1. The maximum Gasteiger partial charge on any atom is 0.254 e. The van der Waals surface area contributed by atoms with E-state index >= 15 is 0 Å². The molecule has 0 saturated heterocycles. The van der Waals surface area contributed by atoms with Gasteiger partial charge in [0.1, 0.15) is 5.75 Å². The van der Waals surface area contributed by atoms with Crippen molar-refractivity contribution in [2.24, 2.45) is 0 Å². The van der Waals surface area contributed by atoms with Crippen LogP contribution in [0.5, 0.6) is 5.75 Å². The molecule has 4 nitrogen and oxygen atoms in total. The molecule has 3 rings (SSSR count). The Balaban J connectivity index is 1.96. The number of hydrogen-bond acceptors (Lipinski definition) is 3. The minimum absolute atomic E-state index is 0.187. The molecule has 20 heavy (non-hydrogen) atoms. The molecule has 2 amide bonds. The van der Waals surface area contributed by atoms with Gasteiger partial charge in [-0.15, -0.1) is 0 Å². The summed E-state index contributed by atoms with van der Waals surface area (Å²) in [5, 5.41) is 0. The Morgan fingerprint density at radius 1 is 1.25 bits per heavy atom. The van der Waals surface area contributed by atoms with Crippen LogP contribution in [0.2, 0.25) is 0 Å². The topological polar surface area (TPSA) is 46.6 Å². The van der Waals surface area contributed by atoms with Crippen molar-refractivity contribution in [3.8, 4) is 5.75 Å². The fourth-order valence-electron chi connectivity index (χ4n) is 2.94. The number of hydrogen-bond donors (Lipinski definition) is 0. The fraction of sp³-hybridized carbons (Fsp3) is 0.375. The van der Waals surface area contributed by atoms with Crippen molar-refractivity contribution >= 4 is 11.8 Å². The molecule has 0 bridgehead atoms. The molecule has 1 aliphatic heterocycles. The molecule has 0 fully saturated rings. The van der Waals surface area contributed by atoms with Crippen molar-refractivity contribution in [2.45, 2.75) is 32.2 Å². The lowest BCUT2D eigenvalue weighted by atomic mass is 10.1. The van der Waals surface area contributed by atoms with Gasteiger partial charge in [0.25, 0.3) is 11.8 Å². The Bertz CT molecular complexity index is 573. The van der Waals surface area contributed by atoms with Gasteiger partial charge in [0.05, 0.1) is 12.6 Å². The fourth-order valence-corrected chi connectivity index (χ4v) is 2.94. The van der Waals surface area contributed by atoms with Gasteiger partial charge in [0, 0.05) is 17.7 Å². The smallest absolute Gasteiger partial charge is 0.254 e. The molecule has 4 heteroatoms. The minimum Gasteiger partial charge on any atom is -0.493 e. The van der Waals surface area contributed by atoms with E-state index < -0.39 is 0 Å². The first kappa shape index (κ1) is 12.9. The van der Waals surface area contributed by atoms with Gasteiger partial charge < -0.3 is 4.74 Å². The number of aryl methyl sites for hydroxylation is 1. The molecule has 0 unspecified atom stereocenters. The number of nitrogens with zero attached hydrogens (tertiary/aromatic N) is 1. The summed E-state index contributed by atoms with van der Waals surface area (Å²) in [7, 11) is 0. The van der Waals surface area contributed by atoms with Crippen LogP contribution in [0.15, 0.2) is 30.4 Å². The monoisotopic (exact) mass is 271 g/mol. The number of ether oxygens (including phenoxy) is 1. The largest absolute Gasteiger partial charge is 0.493 e. The van der Waals surface area contributed by atoms with Crippen LogP contribution < -0.4 is 4.74 Å². The summed E-state index contributed by atoms with van der Waals surface area (Å²) >= 11 is 0. The minimum atomic E-state index is -0.224. The van der Waals surface area contributed by atoms with Crippen molar-refractivity contribution in [3.05, 3.63) is 41.5 Å². The first-order valence-corrected chi connectivity index (χ1v) is 7.02. The highest BCUT2D eigenvalue weighted by Crippen LogP contribution is 2.42. The summed E-state index contributed by atoms with van der Waals surface area (Å²) in [5.74, 6) is 0.357. The van der Waals surface area contributed by atoms with Crippen molar-refractivity contribution in [1.82, 2.24) is 4.90 Å². The molecule has 0 radical (unpaired) electrons. The summed E-state index contributed by atoms with van der Waals surface area (Å²) in [5.41, 5.74) is 2.18. The predicted molar refractivity (Wildman–Crippen MR) is 74.3 cm³/mol. The van der Waals surface area contributed by atoms with Gasteiger partial charge in [0.15, 0.2) is 0 Å². The maximum absolute atomic E-state index is 11.9. The van der Waals surface area contributed by atoms with Gasteiger partial charge in [-0.25, -0.2) is 0 Å². The Morgan fingerprint density at radius 2 is 2.00 bits per heavy atom. The van der Waals surface area contributed by atoms with Crippen molar-refractivity contribution < 1.29 is 14.3 Å². The van der Waals surface area contributed by atoms with Crippen LogP contribution in [0.4, 0.5) is 0 Å². The van der Waals surface area contributed by atoms with E-state index in [1.165, 1.54) is 22.6 Å². The number of fused-ring (bicyclic) bond motifs is 1. The highest BCUT2D eigenvalue weighted by Gasteiger charge is 2.37. The van der Waals surface area contributed by atoms with E-state index in [4.69, 9.17) is 4.74 Å². The Morgan fingerprint density at radius 3 is 2.70 bits per heavy atom. The number of carbonyl (C=O) groups excluding carboxylic acids is 2. The standard InChI is InChI=1S/C16H17NO3/c1-2-10-20-13-5-3-4-11-6-7-12(16(11)13)17-14(18)8-9-15(17)19/h3-5,8-9,12H,2,6-7,10H2,1H3/t12-/m0/s1. The molecule has 0 saturated carbocycles. The summed E-state index contributed by atoms with van der Waals surface area (Å²) in [6.07, 6.45) is 5.27. The number of benzene rings is 1. The summed E-state index contributed by atoms with van der Waals surface area (Å²) in [6.45, 7) is 2.70. The third kappa shape index (κ3) is 2.01. The lowest BCUT2D eigenvalue weighted by molar-refractivity contribution is -0.139. The molecule has 1 aliphatic carbocycles. The molecule has 1 aromatic carbocycles. The van der Waals surface area contributed by atoms with Gasteiger partial charge in [-0.1, -0.05) is 19.1 Å². The molecule has 1 aromatic rings. The molecule has 0 N–H and O–H groups in total. The van der Waals surface area contributed by atoms with E-state index in [1.807, 2.05) is 18.2 Å². The number of carbonyl (C=O) groups is 2. The Hall–Kier alpha value is -2.10. The van der Waals surface area contributed by atoms with Crippen LogP contribution in [0.25, 0.3) is 0 Å². The molecular weight excluding hydrogens is 254 g/mol. The molecule has 0 spiro atoms. The molecule has 1 atom stereocenters. The zero-order valence-electron chi connectivity index (χ0n) is 11.5. The van der Waals surface area contributed by atoms with Crippen LogP contribution in [0.3, 0.4) is 0 Å². The van der Waals surface area contributed by atoms with Crippen LogP contribution in [0, 0.1) is 0 Å². The van der Waals surface area contributed by atoms with Crippen molar-refractivity contribution in [1.29, 1.82) is 0 Å². The van der Waals surface area contributed by atoms with Crippen LogP contribution in [0.1, 0.15) is 36.9 Å². The Kier molecular flexibility index (Phi) is 3.30. The number of rotatable bonds is 4. The number of imide groups is 1. The lowest BCUT2D eigenvalue weighted by Crippen LogP contribution is -2.33. The third-order valence-corrected chi connectivity index (χ3v) is 3.79. The SMILES string of the molecule is CCCOc1cccc2c1[C@@H](N1C(=O)C=CC1=O)CC2. The lowest BCUT2D eigenvalue weighted by Gasteiger charge is -2.24. The van der Waals surface area contributed by atoms with E-state index in [-0.39, 0.29) is 17.9 Å². The normalized spacial score (nSPS) is 20.6. The summed E-state index contributed by atoms with van der Waals surface area (Å²) in [6, 6.07) is 5.75. The zero-order valence-corrected chi connectivity index (χ0v) is 11.5. The molecular formula is C16H17NO3. The second-order valence-electron chi connectivity index (χ2n) is 5.11. The van der Waals surface area contributed by atoms with Gasteiger partial charge in [0.2, 0.25) is 0 Å². The second-order valence-corrected chi connectivity index (χ2v) is 5.11. The van der Waals surface area contributed by atoms with E-state index in [1.54, 1.807) is 0 Å².